The van der Waals surface area contributed by atoms with Gasteiger partial charge in [-0.3, -0.25) is 0 Å². The standard InChI is InChI=1S/C12H16OS/c13-8-4-3-5-10-9-14-12-7-2-1-6-11(10)12/h1-2,6-7,10,13H,3-5,8-9H2. The van der Waals surface area contributed by atoms with E-state index < -0.39 is 0 Å². The Kier molecular flexibility index (Phi) is 3.49. The highest BCUT2D eigenvalue weighted by Gasteiger charge is 2.21. The van der Waals surface area contributed by atoms with Crippen molar-refractivity contribution in [3.63, 3.8) is 0 Å². The molecule has 1 aliphatic rings. The molecule has 1 nitrogen and oxygen atoms in total. The molecule has 1 heterocycles. The Bertz CT molecular complexity index is 298. The van der Waals surface area contributed by atoms with Crippen LogP contribution in [0.3, 0.4) is 0 Å². The third kappa shape index (κ3) is 2.12. The lowest BCUT2D eigenvalue weighted by atomic mass is 9.96. The van der Waals surface area contributed by atoms with Gasteiger partial charge in [0, 0.05) is 17.3 Å². The van der Waals surface area contributed by atoms with E-state index in [1.807, 2.05) is 11.8 Å². The molecule has 14 heavy (non-hydrogen) atoms. The van der Waals surface area contributed by atoms with E-state index in [9.17, 15) is 0 Å². The normalized spacial score (nSPS) is 19.6. The molecule has 0 radical (unpaired) electrons. The van der Waals surface area contributed by atoms with Gasteiger partial charge in [0.2, 0.25) is 0 Å². The topological polar surface area (TPSA) is 20.2 Å². The van der Waals surface area contributed by atoms with Crippen molar-refractivity contribution in [2.75, 3.05) is 12.4 Å². The molecule has 1 aromatic carbocycles. The molecule has 0 saturated carbocycles. The van der Waals surface area contributed by atoms with Crippen molar-refractivity contribution in [2.45, 2.75) is 30.1 Å². The van der Waals surface area contributed by atoms with Crippen molar-refractivity contribution in [1.29, 1.82) is 0 Å². The van der Waals surface area contributed by atoms with Gasteiger partial charge in [-0.25, -0.2) is 0 Å². The SMILES string of the molecule is OCCCCC1CSc2ccccc21. The summed E-state index contributed by atoms with van der Waals surface area (Å²) in [6.07, 6.45) is 3.32. The molecule has 1 atom stereocenters. The molecule has 0 aromatic heterocycles. The zero-order chi connectivity index (χ0) is 9.80. The van der Waals surface area contributed by atoms with E-state index in [4.69, 9.17) is 5.11 Å². The predicted molar refractivity (Wildman–Crippen MR) is 60.8 cm³/mol. The van der Waals surface area contributed by atoms with E-state index in [1.165, 1.54) is 22.6 Å². The van der Waals surface area contributed by atoms with Gasteiger partial charge in [0.15, 0.2) is 0 Å². The lowest BCUT2D eigenvalue weighted by Gasteiger charge is -2.09. The highest BCUT2D eigenvalue weighted by atomic mass is 32.2. The molecule has 2 rings (SSSR count). The van der Waals surface area contributed by atoms with Gasteiger partial charge in [0.05, 0.1) is 0 Å². The molecule has 1 aromatic rings. The molecule has 0 fully saturated rings. The maximum absolute atomic E-state index is 8.73. The number of fused-ring (bicyclic) bond motifs is 1. The van der Waals surface area contributed by atoms with Gasteiger partial charge in [-0.1, -0.05) is 24.6 Å². The minimum Gasteiger partial charge on any atom is -0.396 e. The molecule has 1 N–H and O–H groups in total. The van der Waals surface area contributed by atoms with E-state index >= 15 is 0 Å². The van der Waals surface area contributed by atoms with Crippen molar-refractivity contribution in [1.82, 2.24) is 0 Å². The van der Waals surface area contributed by atoms with Crippen molar-refractivity contribution in [3.8, 4) is 0 Å². The molecule has 0 bridgehead atoms. The van der Waals surface area contributed by atoms with Gasteiger partial charge >= 0.3 is 0 Å². The Labute approximate surface area is 89.5 Å². The summed E-state index contributed by atoms with van der Waals surface area (Å²) in [6.45, 7) is 0.335. The maximum Gasteiger partial charge on any atom is 0.0431 e. The highest BCUT2D eigenvalue weighted by molar-refractivity contribution is 7.99. The first-order valence-electron chi connectivity index (χ1n) is 5.24. The first-order chi connectivity index (χ1) is 6.92. The summed E-state index contributed by atoms with van der Waals surface area (Å²) in [5.74, 6) is 1.95. The number of aliphatic hydroxyl groups is 1. The third-order valence-corrected chi connectivity index (χ3v) is 4.01. The van der Waals surface area contributed by atoms with Crippen LogP contribution in [0.2, 0.25) is 0 Å². The summed E-state index contributed by atoms with van der Waals surface area (Å²) < 4.78 is 0. The van der Waals surface area contributed by atoms with Crippen molar-refractivity contribution in [3.05, 3.63) is 29.8 Å². The average Bonchev–Trinajstić information content (AvgIpc) is 2.63. The largest absolute Gasteiger partial charge is 0.396 e. The molecule has 0 aliphatic carbocycles. The number of benzene rings is 1. The first kappa shape index (κ1) is 10.1. The lowest BCUT2D eigenvalue weighted by molar-refractivity contribution is 0.282. The Morgan fingerprint density at radius 2 is 2.14 bits per heavy atom. The molecule has 2 heteroatoms. The number of unbranched alkanes of at least 4 members (excludes halogenated alkanes) is 1. The fourth-order valence-corrected chi connectivity index (χ4v) is 3.27. The number of thioether (sulfide) groups is 1. The quantitative estimate of drug-likeness (QED) is 0.767. The molecule has 0 saturated heterocycles. The van der Waals surface area contributed by atoms with Crippen LogP contribution in [0.25, 0.3) is 0 Å². The Balaban J connectivity index is 1.96. The number of aliphatic hydroxyl groups excluding tert-OH is 1. The molecule has 0 amide bonds. The van der Waals surface area contributed by atoms with Crippen LogP contribution in [0, 0.1) is 0 Å². The third-order valence-electron chi connectivity index (χ3n) is 2.76. The zero-order valence-corrected chi connectivity index (χ0v) is 9.09. The van der Waals surface area contributed by atoms with Gasteiger partial charge in [-0.2, -0.15) is 0 Å². The minimum absolute atomic E-state index is 0.335. The van der Waals surface area contributed by atoms with Crippen LogP contribution in [0.5, 0.6) is 0 Å². The highest BCUT2D eigenvalue weighted by Crippen LogP contribution is 2.41. The second-order valence-corrected chi connectivity index (χ2v) is 4.83. The molecule has 0 spiro atoms. The van der Waals surface area contributed by atoms with E-state index in [0.29, 0.717) is 6.61 Å². The van der Waals surface area contributed by atoms with Crippen LogP contribution in [0.1, 0.15) is 30.7 Å². The second-order valence-electron chi connectivity index (χ2n) is 3.77. The minimum atomic E-state index is 0.335. The summed E-state index contributed by atoms with van der Waals surface area (Å²) in [5, 5.41) is 8.73. The van der Waals surface area contributed by atoms with Gasteiger partial charge in [0.25, 0.3) is 0 Å². The van der Waals surface area contributed by atoms with Crippen LogP contribution in [0.4, 0.5) is 0 Å². The van der Waals surface area contributed by atoms with Crippen molar-refractivity contribution >= 4 is 11.8 Å². The Hall–Kier alpha value is -0.470. The van der Waals surface area contributed by atoms with E-state index in [-0.39, 0.29) is 0 Å². The summed E-state index contributed by atoms with van der Waals surface area (Å²) in [6, 6.07) is 8.71. The smallest absolute Gasteiger partial charge is 0.0431 e. The first-order valence-corrected chi connectivity index (χ1v) is 6.23. The van der Waals surface area contributed by atoms with Gasteiger partial charge < -0.3 is 5.11 Å². The van der Waals surface area contributed by atoms with Crippen molar-refractivity contribution in [2.24, 2.45) is 0 Å². The van der Waals surface area contributed by atoms with Crippen molar-refractivity contribution < 1.29 is 5.11 Å². The average molecular weight is 208 g/mol. The molecular formula is C12H16OS. The molecule has 76 valence electrons. The fourth-order valence-electron chi connectivity index (χ4n) is 1.97. The summed E-state index contributed by atoms with van der Waals surface area (Å²) in [4.78, 5) is 1.46. The summed E-state index contributed by atoms with van der Waals surface area (Å²) >= 11 is 1.97. The maximum atomic E-state index is 8.73. The molecule has 1 unspecified atom stereocenters. The summed E-state index contributed by atoms with van der Waals surface area (Å²) in [5.41, 5.74) is 1.52. The lowest BCUT2D eigenvalue weighted by Crippen LogP contribution is -1.97. The monoisotopic (exact) mass is 208 g/mol. The van der Waals surface area contributed by atoms with E-state index in [1.54, 1.807) is 0 Å². The molecular weight excluding hydrogens is 192 g/mol. The van der Waals surface area contributed by atoms with Gasteiger partial charge in [0.1, 0.15) is 0 Å². The fraction of sp³-hybridized carbons (Fsp3) is 0.500. The van der Waals surface area contributed by atoms with Crippen LogP contribution in [-0.4, -0.2) is 17.5 Å². The zero-order valence-electron chi connectivity index (χ0n) is 8.28. The Morgan fingerprint density at radius 1 is 1.29 bits per heavy atom. The Morgan fingerprint density at radius 3 is 3.00 bits per heavy atom. The number of hydrogen-bond acceptors (Lipinski definition) is 2. The molecule has 1 aliphatic heterocycles. The number of rotatable bonds is 4. The number of hydrogen-bond donors (Lipinski definition) is 1. The predicted octanol–water partition coefficient (Wildman–Crippen LogP) is 3.04. The van der Waals surface area contributed by atoms with E-state index in [0.717, 1.165) is 18.8 Å². The van der Waals surface area contributed by atoms with Crippen LogP contribution >= 0.6 is 11.8 Å². The van der Waals surface area contributed by atoms with Crippen LogP contribution in [-0.2, 0) is 0 Å². The van der Waals surface area contributed by atoms with Gasteiger partial charge in [-0.05, 0) is 30.4 Å². The second kappa shape index (κ2) is 4.85. The van der Waals surface area contributed by atoms with Crippen LogP contribution < -0.4 is 0 Å². The van der Waals surface area contributed by atoms with E-state index in [2.05, 4.69) is 24.3 Å². The van der Waals surface area contributed by atoms with Gasteiger partial charge in [-0.15, -0.1) is 11.8 Å². The van der Waals surface area contributed by atoms with Crippen LogP contribution in [0.15, 0.2) is 29.2 Å². The summed E-state index contributed by atoms with van der Waals surface area (Å²) in [7, 11) is 0.